The third-order valence-corrected chi connectivity index (χ3v) is 3.08. The van der Waals surface area contributed by atoms with Crippen molar-refractivity contribution in [2.45, 2.75) is 12.1 Å². The number of rotatable bonds is 2. The number of carbonyl (C=O) groups is 1. The van der Waals surface area contributed by atoms with Crippen LogP contribution < -0.4 is 0 Å². The molecule has 2 atom stereocenters. The molecule has 0 bridgehead atoms. The van der Waals surface area contributed by atoms with Gasteiger partial charge < -0.3 is 14.9 Å². The van der Waals surface area contributed by atoms with Gasteiger partial charge >= 0.3 is 6.09 Å². The molecule has 0 aliphatic carbocycles. The molecule has 1 aliphatic heterocycles. The zero-order valence-electron chi connectivity index (χ0n) is 9.92. The van der Waals surface area contributed by atoms with Crippen LogP contribution in [0, 0.1) is 11.6 Å². The summed E-state index contributed by atoms with van der Waals surface area (Å²) in [6.07, 6.45) is -1.24. The highest BCUT2D eigenvalue weighted by Gasteiger charge is 2.35. The number of morpholine rings is 1. The predicted octanol–water partition coefficient (Wildman–Crippen LogP) is 1.38. The van der Waals surface area contributed by atoms with Crippen molar-refractivity contribution in [2.75, 3.05) is 19.8 Å². The van der Waals surface area contributed by atoms with Crippen LogP contribution in [0.5, 0.6) is 0 Å². The van der Waals surface area contributed by atoms with E-state index in [-0.39, 0.29) is 13.2 Å². The summed E-state index contributed by atoms with van der Waals surface area (Å²) >= 11 is 0. The fraction of sp³-hybridized carbons (Fsp3) is 0.417. The van der Waals surface area contributed by atoms with Crippen molar-refractivity contribution in [3.63, 3.8) is 0 Å². The number of aliphatic hydroxyl groups is 1. The number of amides is 1. The molecule has 1 saturated heterocycles. The van der Waals surface area contributed by atoms with E-state index in [1.807, 2.05) is 0 Å². The van der Waals surface area contributed by atoms with Crippen molar-refractivity contribution in [3.8, 4) is 0 Å². The maximum atomic E-state index is 13.2. The van der Waals surface area contributed by atoms with Crippen LogP contribution in [0.4, 0.5) is 13.6 Å². The number of benzene rings is 1. The molecular weight excluding hydrogens is 260 g/mol. The number of ether oxygens (including phenoxy) is 1. The van der Waals surface area contributed by atoms with Gasteiger partial charge in [0.25, 0.3) is 0 Å². The molecule has 1 aromatic carbocycles. The zero-order chi connectivity index (χ0) is 14.0. The van der Waals surface area contributed by atoms with Gasteiger partial charge in [-0.3, -0.25) is 4.90 Å². The van der Waals surface area contributed by atoms with Crippen molar-refractivity contribution in [1.82, 2.24) is 4.90 Å². The van der Waals surface area contributed by atoms with E-state index in [2.05, 4.69) is 0 Å². The maximum absolute atomic E-state index is 13.2. The van der Waals surface area contributed by atoms with Crippen LogP contribution in [0.25, 0.3) is 0 Å². The quantitative estimate of drug-likeness (QED) is 0.854. The first-order chi connectivity index (χ1) is 9.04. The Morgan fingerprint density at radius 3 is 2.68 bits per heavy atom. The fourth-order valence-electron chi connectivity index (χ4n) is 2.14. The number of carboxylic acid groups (broad SMARTS) is 1. The largest absolute Gasteiger partial charge is 0.465 e. The van der Waals surface area contributed by atoms with Crippen molar-refractivity contribution in [2.24, 2.45) is 0 Å². The topological polar surface area (TPSA) is 70.0 Å². The second-order valence-electron chi connectivity index (χ2n) is 4.25. The smallest absolute Gasteiger partial charge is 0.408 e. The van der Waals surface area contributed by atoms with Crippen molar-refractivity contribution < 1.29 is 28.5 Å². The van der Waals surface area contributed by atoms with Crippen LogP contribution in [0.1, 0.15) is 11.6 Å². The Balaban J connectivity index is 2.34. The maximum Gasteiger partial charge on any atom is 0.408 e. The van der Waals surface area contributed by atoms with E-state index < -0.39 is 36.4 Å². The molecule has 0 aromatic heterocycles. The van der Waals surface area contributed by atoms with Gasteiger partial charge in [-0.2, -0.15) is 0 Å². The lowest BCUT2D eigenvalue weighted by Crippen LogP contribution is -2.51. The molecule has 5 nitrogen and oxygen atoms in total. The summed E-state index contributed by atoms with van der Waals surface area (Å²) in [5, 5.41) is 18.3. The van der Waals surface area contributed by atoms with E-state index >= 15 is 0 Å². The number of aliphatic hydroxyl groups excluding tert-OH is 1. The zero-order valence-corrected chi connectivity index (χ0v) is 9.92. The molecule has 2 rings (SSSR count). The molecule has 1 heterocycles. The number of halogens is 2. The Morgan fingerprint density at radius 1 is 1.37 bits per heavy atom. The first-order valence-electron chi connectivity index (χ1n) is 5.69. The lowest BCUT2D eigenvalue weighted by Gasteiger charge is -2.39. The lowest BCUT2D eigenvalue weighted by atomic mass is 10.0. The summed E-state index contributed by atoms with van der Waals surface area (Å²) in [5.74, 6) is -2.05. The van der Waals surface area contributed by atoms with Gasteiger partial charge in [0.05, 0.1) is 31.9 Å². The Labute approximate surface area is 108 Å². The molecule has 2 N–H and O–H groups in total. The number of hydrogen-bond acceptors (Lipinski definition) is 3. The second kappa shape index (κ2) is 5.50. The van der Waals surface area contributed by atoms with Gasteiger partial charge in [0.2, 0.25) is 0 Å². The molecule has 0 saturated carbocycles. The molecule has 0 spiro atoms. The average molecular weight is 273 g/mol. The van der Waals surface area contributed by atoms with Gasteiger partial charge in [-0.05, 0) is 17.7 Å². The molecule has 0 unspecified atom stereocenters. The van der Waals surface area contributed by atoms with Gasteiger partial charge in [-0.15, -0.1) is 0 Å². The minimum Gasteiger partial charge on any atom is -0.465 e. The summed E-state index contributed by atoms with van der Waals surface area (Å²) in [7, 11) is 0. The highest BCUT2D eigenvalue weighted by Crippen LogP contribution is 2.28. The van der Waals surface area contributed by atoms with Gasteiger partial charge in [0.15, 0.2) is 11.6 Å². The number of nitrogens with zero attached hydrogens (tertiary/aromatic N) is 1. The summed E-state index contributed by atoms with van der Waals surface area (Å²) in [4.78, 5) is 12.3. The van der Waals surface area contributed by atoms with Crippen molar-refractivity contribution >= 4 is 6.09 Å². The molecule has 1 aliphatic rings. The van der Waals surface area contributed by atoms with Crippen LogP contribution in [-0.2, 0) is 4.74 Å². The van der Waals surface area contributed by atoms with Crippen molar-refractivity contribution in [1.29, 1.82) is 0 Å². The predicted molar refractivity (Wildman–Crippen MR) is 60.7 cm³/mol. The van der Waals surface area contributed by atoms with Gasteiger partial charge in [0.1, 0.15) is 0 Å². The van der Waals surface area contributed by atoms with E-state index in [4.69, 9.17) is 9.84 Å². The third kappa shape index (κ3) is 2.66. The minimum atomic E-state index is -1.24. The molecule has 7 heteroatoms. The fourth-order valence-corrected chi connectivity index (χ4v) is 2.14. The van der Waals surface area contributed by atoms with Crippen LogP contribution in [0.2, 0.25) is 0 Å². The van der Waals surface area contributed by atoms with Crippen LogP contribution in [0.15, 0.2) is 18.2 Å². The summed E-state index contributed by atoms with van der Waals surface area (Å²) in [6, 6.07) is 1.71. The highest BCUT2D eigenvalue weighted by molar-refractivity contribution is 5.66. The molecule has 19 heavy (non-hydrogen) atoms. The third-order valence-electron chi connectivity index (χ3n) is 3.08. The molecular formula is C12H13F2NO4. The Morgan fingerprint density at radius 2 is 2.11 bits per heavy atom. The molecule has 1 aromatic rings. The highest BCUT2D eigenvalue weighted by atomic mass is 19.2. The van der Waals surface area contributed by atoms with Crippen molar-refractivity contribution in [3.05, 3.63) is 35.4 Å². The van der Waals surface area contributed by atoms with E-state index in [1.54, 1.807) is 0 Å². The Hall–Kier alpha value is -1.73. The number of hydrogen-bond donors (Lipinski definition) is 2. The monoisotopic (exact) mass is 273 g/mol. The first kappa shape index (κ1) is 13.7. The molecule has 1 amide bonds. The van der Waals surface area contributed by atoms with Gasteiger partial charge in [-0.25, -0.2) is 13.6 Å². The van der Waals surface area contributed by atoms with Gasteiger partial charge in [-0.1, -0.05) is 6.07 Å². The van der Waals surface area contributed by atoms with Gasteiger partial charge in [0, 0.05) is 0 Å². The Bertz CT molecular complexity index is 483. The molecule has 104 valence electrons. The summed E-state index contributed by atoms with van der Waals surface area (Å²) in [5.41, 5.74) is 0.291. The minimum absolute atomic E-state index is 0.0356. The SMILES string of the molecule is O=C(O)N1[C@@H](CO)COC[C@H]1c1ccc(F)c(F)c1. The van der Waals surface area contributed by atoms with E-state index in [9.17, 15) is 18.7 Å². The van der Waals surface area contributed by atoms with Crippen LogP contribution in [-0.4, -0.2) is 47.1 Å². The standard InChI is InChI=1S/C12H13F2NO4/c13-9-2-1-7(3-10(9)14)11-6-19-5-8(4-16)15(11)12(17)18/h1-3,8,11,16H,4-6H2,(H,17,18)/t8-,11-/m0/s1. The van der Waals surface area contributed by atoms with Crippen LogP contribution in [0.3, 0.4) is 0 Å². The normalized spacial score (nSPS) is 23.4. The van der Waals surface area contributed by atoms with E-state index in [0.29, 0.717) is 5.56 Å². The second-order valence-corrected chi connectivity index (χ2v) is 4.25. The molecule has 1 fully saturated rings. The van der Waals surface area contributed by atoms with E-state index in [0.717, 1.165) is 17.0 Å². The molecule has 0 radical (unpaired) electrons. The van der Waals surface area contributed by atoms with E-state index in [1.165, 1.54) is 6.07 Å². The Kier molecular flexibility index (Phi) is 3.96. The van der Waals surface area contributed by atoms with Crippen LogP contribution >= 0.6 is 0 Å². The first-order valence-corrected chi connectivity index (χ1v) is 5.69. The summed E-state index contributed by atoms with van der Waals surface area (Å²) < 4.78 is 31.3. The lowest BCUT2D eigenvalue weighted by molar-refractivity contribution is -0.0540. The summed E-state index contributed by atoms with van der Waals surface area (Å²) in [6.45, 7) is -0.288. The average Bonchev–Trinajstić information content (AvgIpc) is 2.40.